The standard InChI is InChI=1S/C17H34N2O/c1-5-16(6-2)13-18-9-7-17(8-10-18)19-11-14(3)20-15(4)12-19/h14-17H,5-13H2,1-4H3/t14-,15+. The normalized spacial score (nSPS) is 31.1. The van der Waals surface area contributed by atoms with Crippen molar-refractivity contribution in [1.29, 1.82) is 0 Å². The maximum atomic E-state index is 5.86. The molecule has 3 nitrogen and oxygen atoms in total. The molecule has 20 heavy (non-hydrogen) atoms. The quantitative estimate of drug-likeness (QED) is 0.771. The molecule has 2 saturated heterocycles. The highest BCUT2D eigenvalue weighted by Crippen LogP contribution is 2.22. The van der Waals surface area contributed by atoms with Crippen LogP contribution in [0.5, 0.6) is 0 Å². The lowest BCUT2D eigenvalue weighted by atomic mass is 9.98. The number of hydrogen-bond donors (Lipinski definition) is 0. The van der Waals surface area contributed by atoms with E-state index >= 15 is 0 Å². The first-order chi connectivity index (χ1) is 9.62. The molecule has 0 N–H and O–H groups in total. The summed E-state index contributed by atoms with van der Waals surface area (Å²) >= 11 is 0. The Kier molecular flexibility index (Phi) is 6.31. The summed E-state index contributed by atoms with van der Waals surface area (Å²) in [6, 6.07) is 0.793. The minimum Gasteiger partial charge on any atom is -0.373 e. The van der Waals surface area contributed by atoms with Gasteiger partial charge in [-0.15, -0.1) is 0 Å². The van der Waals surface area contributed by atoms with Gasteiger partial charge in [-0.25, -0.2) is 0 Å². The highest BCUT2D eigenvalue weighted by Gasteiger charge is 2.30. The fourth-order valence-electron chi connectivity index (χ4n) is 3.89. The van der Waals surface area contributed by atoms with Crippen molar-refractivity contribution in [3.05, 3.63) is 0 Å². The minimum absolute atomic E-state index is 0.404. The highest BCUT2D eigenvalue weighted by atomic mass is 16.5. The van der Waals surface area contributed by atoms with Gasteiger partial charge in [0.05, 0.1) is 12.2 Å². The number of likely N-dealkylation sites (tertiary alicyclic amines) is 1. The van der Waals surface area contributed by atoms with Crippen LogP contribution in [0.2, 0.25) is 0 Å². The van der Waals surface area contributed by atoms with E-state index in [4.69, 9.17) is 4.74 Å². The van der Waals surface area contributed by atoms with E-state index in [0.717, 1.165) is 25.0 Å². The second-order valence-electron chi connectivity index (χ2n) is 6.93. The van der Waals surface area contributed by atoms with Crippen molar-refractivity contribution in [2.45, 2.75) is 71.6 Å². The third-order valence-electron chi connectivity index (χ3n) is 5.19. The molecule has 0 bridgehead atoms. The summed E-state index contributed by atoms with van der Waals surface area (Å²) in [6.45, 7) is 15.2. The Morgan fingerprint density at radius 3 is 2.05 bits per heavy atom. The molecule has 2 aliphatic heterocycles. The Morgan fingerprint density at radius 1 is 1.00 bits per heavy atom. The third kappa shape index (κ3) is 4.44. The number of ether oxygens (including phenoxy) is 1. The molecular weight excluding hydrogens is 248 g/mol. The summed E-state index contributed by atoms with van der Waals surface area (Å²) in [5.74, 6) is 0.898. The van der Waals surface area contributed by atoms with Crippen molar-refractivity contribution >= 4 is 0 Å². The van der Waals surface area contributed by atoms with E-state index in [0.29, 0.717) is 12.2 Å². The Morgan fingerprint density at radius 2 is 1.55 bits per heavy atom. The lowest BCUT2D eigenvalue weighted by Crippen LogP contribution is -2.53. The number of nitrogens with zero attached hydrogens (tertiary/aromatic N) is 2. The molecule has 2 aliphatic rings. The third-order valence-corrected chi connectivity index (χ3v) is 5.19. The molecule has 0 unspecified atom stereocenters. The van der Waals surface area contributed by atoms with Crippen LogP contribution in [0.3, 0.4) is 0 Å². The molecule has 3 heteroatoms. The summed E-state index contributed by atoms with van der Waals surface area (Å²) in [7, 11) is 0. The van der Waals surface area contributed by atoms with Gasteiger partial charge in [-0.05, 0) is 45.7 Å². The number of rotatable bonds is 5. The zero-order valence-corrected chi connectivity index (χ0v) is 14.0. The van der Waals surface area contributed by atoms with Crippen molar-refractivity contribution in [3.8, 4) is 0 Å². The van der Waals surface area contributed by atoms with Crippen LogP contribution in [0.25, 0.3) is 0 Å². The fraction of sp³-hybridized carbons (Fsp3) is 1.00. The van der Waals surface area contributed by atoms with E-state index < -0.39 is 0 Å². The SMILES string of the molecule is CCC(CC)CN1CCC(N2C[C@@H](C)O[C@@H](C)C2)CC1. The molecule has 0 aromatic heterocycles. The van der Waals surface area contributed by atoms with Crippen LogP contribution in [-0.2, 0) is 4.74 Å². The monoisotopic (exact) mass is 282 g/mol. The zero-order valence-electron chi connectivity index (χ0n) is 14.0. The van der Waals surface area contributed by atoms with Crippen LogP contribution >= 0.6 is 0 Å². The number of morpholine rings is 1. The maximum absolute atomic E-state index is 5.86. The Labute approximate surface area is 125 Å². The van der Waals surface area contributed by atoms with Crippen LogP contribution in [0, 0.1) is 5.92 Å². The average molecular weight is 282 g/mol. The molecule has 0 saturated carbocycles. The van der Waals surface area contributed by atoms with E-state index in [2.05, 4.69) is 37.5 Å². The van der Waals surface area contributed by atoms with Gasteiger partial charge in [0, 0.05) is 25.7 Å². The highest BCUT2D eigenvalue weighted by molar-refractivity contribution is 4.84. The van der Waals surface area contributed by atoms with E-state index in [1.807, 2.05) is 0 Å². The second kappa shape index (κ2) is 7.77. The van der Waals surface area contributed by atoms with Crippen molar-refractivity contribution in [3.63, 3.8) is 0 Å². The zero-order chi connectivity index (χ0) is 14.5. The van der Waals surface area contributed by atoms with Crippen LogP contribution in [0.4, 0.5) is 0 Å². The summed E-state index contributed by atoms with van der Waals surface area (Å²) in [5.41, 5.74) is 0. The van der Waals surface area contributed by atoms with Crippen LogP contribution < -0.4 is 0 Å². The topological polar surface area (TPSA) is 15.7 Å². The first-order valence-corrected chi connectivity index (χ1v) is 8.74. The Bertz CT molecular complexity index is 262. The van der Waals surface area contributed by atoms with Crippen LogP contribution in [0.1, 0.15) is 53.4 Å². The van der Waals surface area contributed by atoms with Gasteiger partial charge in [0.1, 0.15) is 0 Å². The van der Waals surface area contributed by atoms with Crippen LogP contribution in [-0.4, -0.2) is 60.8 Å². The molecule has 2 heterocycles. The molecule has 0 radical (unpaired) electrons. The molecule has 0 aliphatic carbocycles. The predicted molar refractivity (Wildman–Crippen MR) is 85.1 cm³/mol. The number of hydrogen-bond acceptors (Lipinski definition) is 3. The smallest absolute Gasteiger partial charge is 0.0678 e. The van der Waals surface area contributed by atoms with Gasteiger partial charge >= 0.3 is 0 Å². The molecule has 0 spiro atoms. The van der Waals surface area contributed by atoms with Crippen molar-refractivity contribution < 1.29 is 4.74 Å². The lowest BCUT2D eigenvalue weighted by Gasteiger charge is -2.44. The molecule has 0 aromatic rings. The first kappa shape index (κ1) is 16.3. The molecule has 2 fully saturated rings. The summed E-state index contributed by atoms with van der Waals surface area (Å²) in [6.07, 6.45) is 6.16. The van der Waals surface area contributed by atoms with Gasteiger partial charge in [0.25, 0.3) is 0 Å². The van der Waals surface area contributed by atoms with E-state index in [-0.39, 0.29) is 0 Å². The second-order valence-corrected chi connectivity index (χ2v) is 6.93. The average Bonchev–Trinajstić information content (AvgIpc) is 2.44. The van der Waals surface area contributed by atoms with Crippen molar-refractivity contribution in [2.24, 2.45) is 5.92 Å². The fourth-order valence-corrected chi connectivity index (χ4v) is 3.89. The van der Waals surface area contributed by atoms with Crippen LogP contribution in [0.15, 0.2) is 0 Å². The summed E-state index contributed by atoms with van der Waals surface area (Å²) in [4.78, 5) is 5.38. The summed E-state index contributed by atoms with van der Waals surface area (Å²) < 4.78 is 5.86. The van der Waals surface area contributed by atoms with Crippen molar-refractivity contribution in [2.75, 3.05) is 32.7 Å². The van der Waals surface area contributed by atoms with E-state index in [1.165, 1.54) is 45.3 Å². The molecule has 2 atom stereocenters. The van der Waals surface area contributed by atoms with Crippen molar-refractivity contribution in [1.82, 2.24) is 9.80 Å². The Balaban J connectivity index is 1.76. The van der Waals surface area contributed by atoms with E-state index in [1.54, 1.807) is 0 Å². The number of piperidine rings is 1. The predicted octanol–water partition coefficient (Wildman–Crippen LogP) is 3.00. The summed E-state index contributed by atoms with van der Waals surface area (Å²) in [5, 5.41) is 0. The molecule has 2 rings (SSSR count). The molecule has 118 valence electrons. The van der Waals surface area contributed by atoms with Gasteiger partial charge in [0.2, 0.25) is 0 Å². The lowest BCUT2D eigenvalue weighted by molar-refractivity contribution is -0.0866. The van der Waals surface area contributed by atoms with Gasteiger partial charge in [-0.3, -0.25) is 4.90 Å². The Hall–Kier alpha value is -0.120. The maximum Gasteiger partial charge on any atom is 0.0678 e. The largest absolute Gasteiger partial charge is 0.373 e. The van der Waals surface area contributed by atoms with Gasteiger partial charge in [-0.1, -0.05) is 26.7 Å². The minimum atomic E-state index is 0.404. The van der Waals surface area contributed by atoms with Gasteiger partial charge in [-0.2, -0.15) is 0 Å². The van der Waals surface area contributed by atoms with Gasteiger partial charge in [0.15, 0.2) is 0 Å². The molecule has 0 aromatic carbocycles. The van der Waals surface area contributed by atoms with E-state index in [9.17, 15) is 0 Å². The van der Waals surface area contributed by atoms with Gasteiger partial charge < -0.3 is 9.64 Å². The molecular formula is C17H34N2O. The molecule has 0 amide bonds. The first-order valence-electron chi connectivity index (χ1n) is 8.74.